The van der Waals surface area contributed by atoms with E-state index in [-0.39, 0.29) is 35.8 Å². The second-order valence-corrected chi connectivity index (χ2v) is 24.7. The minimum absolute atomic E-state index is 0.0417. The summed E-state index contributed by atoms with van der Waals surface area (Å²) in [6, 6.07) is 40.6. The molecule has 3 saturated heterocycles. The molecular weight excluding hydrogens is 1140 g/mol. The average molecular weight is 1250 g/mol. The molecule has 0 bridgehead atoms. The fraction of sp³-hybridized carbons (Fsp3) is 0.486. The lowest BCUT2D eigenvalue weighted by atomic mass is 9.99. The van der Waals surface area contributed by atoms with Crippen molar-refractivity contribution in [2.45, 2.75) is 70.7 Å². The highest BCUT2D eigenvalue weighted by molar-refractivity contribution is 5.26. The van der Waals surface area contributed by atoms with E-state index in [0.717, 1.165) is 140 Å². The summed E-state index contributed by atoms with van der Waals surface area (Å²) in [4.78, 5) is 45.9. The minimum atomic E-state index is -0.0417. The first-order chi connectivity index (χ1) is 43.8. The van der Waals surface area contributed by atoms with Crippen LogP contribution in [-0.4, -0.2) is 260 Å². The number of aromatic nitrogens is 6. The van der Waals surface area contributed by atoms with Crippen LogP contribution in [0.2, 0.25) is 0 Å². The van der Waals surface area contributed by atoms with Crippen molar-refractivity contribution in [3.05, 3.63) is 204 Å². The Bertz CT molecular complexity index is 2890. The van der Waals surface area contributed by atoms with Gasteiger partial charge in [-0.15, -0.1) is 0 Å². The molecule has 0 unspecified atom stereocenters. The third kappa shape index (κ3) is 30.9. The number of benzene rings is 1. The zero-order valence-electron chi connectivity index (χ0n) is 55.8. The van der Waals surface area contributed by atoms with Gasteiger partial charge in [-0.1, -0.05) is 54.6 Å². The van der Waals surface area contributed by atoms with E-state index < -0.39 is 0 Å². The largest absolute Gasteiger partial charge is 0.506 e. The zero-order chi connectivity index (χ0) is 65.7. The second-order valence-electron chi connectivity index (χ2n) is 24.7. The van der Waals surface area contributed by atoms with Crippen molar-refractivity contribution in [1.82, 2.24) is 74.0 Å². The summed E-state index contributed by atoms with van der Waals surface area (Å²) in [6.45, 7) is 23.2. The van der Waals surface area contributed by atoms with Crippen LogP contribution in [-0.2, 0) is 50.6 Å². The lowest BCUT2D eigenvalue weighted by Crippen LogP contribution is -2.54. The second kappa shape index (κ2) is 41.6. The van der Waals surface area contributed by atoms with Gasteiger partial charge in [0.25, 0.3) is 0 Å². The summed E-state index contributed by atoms with van der Waals surface area (Å²) < 4.78 is 5.24. The number of aliphatic hydroxyl groups excluding tert-OH is 2. The number of pyridine rings is 6. The van der Waals surface area contributed by atoms with Gasteiger partial charge in [-0.3, -0.25) is 49.5 Å². The van der Waals surface area contributed by atoms with Gasteiger partial charge in [-0.25, -0.2) is 0 Å². The summed E-state index contributed by atoms with van der Waals surface area (Å²) in [6.07, 6.45) is 10.6. The summed E-state index contributed by atoms with van der Waals surface area (Å²) in [5.41, 5.74) is 13.0. The molecule has 0 amide bonds. The number of aliphatic hydroxyl groups is 2. The van der Waals surface area contributed by atoms with Crippen molar-refractivity contribution in [2.24, 2.45) is 5.73 Å². The van der Waals surface area contributed by atoms with E-state index in [0.29, 0.717) is 31.9 Å². The maximum Gasteiger partial charge on any atom is 0.138 e. The van der Waals surface area contributed by atoms with Crippen LogP contribution in [0.4, 0.5) is 0 Å². The van der Waals surface area contributed by atoms with Crippen LogP contribution >= 0.6 is 0 Å². The third-order valence-corrected chi connectivity index (χ3v) is 15.3. The summed E-state index contributed by atoms with van der Waals surface area (Å²) in [7, 11) is 15.0. The number of aromatic hydroxyl groups is 2. The Morgan fingerprint density at radius 1 is 0.451 bits per heavy atom. The highest BCUT2D eigenvalue weighted by Crippen LogP contribution is 2.22. The Kier molecular flexibility index (Phi) is 34.3. The molecule has 0 aliphatic carbocycles. The van der Waals surface area contributed by atoms with Crippen molar-refractivity contribution in [1.29, 1.82) is 0 Å². The van der Waals surface area contributed by atoms with Gasteiger partial charge >= 0.3 is 0 Å². The SMILES string of the molecule is CN(C)Cc1ccccn1.CN1CCN(C)CC(C)(N(C)Cc2ccccn2)C1.CN1CCN(C)CC(C)(N)C1.OCCN(Cc1ccccc1)Cc1ncccc1O.OCCN(Cc1ccccn1)Cc1ccccn1.Oc1cccnc1CN1CCOCC1. The first kappa shape index (κ1) is 74.9. The molecule has 0 atom stereocenters. The van der Waals surface area contributed by atoms with Gasteiger partial charge in [0, 0.05) is 173 Å². The van der Waals surface area contributed by atoms with Gasteiger partial charge in [0.1, 0.15) is 11.5 Å². The first-order valence-electron chi connectivity index (χ1n) is 31.6. The van der Waals surface area contributed by atoms with Gasteiger partial charge < -0.3 is 55.4 Å². The van der Waals surface area contributed by atoms with E-state index >= 15 is 0 Å². The molecule has 7 aromatic rings. The van der Waals surface area contributed by atoms with E-state index in [1.165, 1.54) is 5.56 Å². The molecule has 10 rings (SSSR count). The Hall–Kier alpha value is -6.80. The first-order valence-corrected chi connectivity index (χ1v) is 31.6. The lowest BCUT2D eigenvalue weighted by molar-refractivity contribution is 0.0333. The Morgan fingerprint density at radius 2 is 0.846 bits per heavy atom. The number of hydrogen-bond acceptors (Lipinski definition) is 21. The number of hydrogen-bond donors (Lipinski definition) is 5. The quantitative estimate of drug-likeness (QED) is 0.0651. The normalized spacial score (nSPS) is 16.3. The van der Waals surface area contributed by atoms with Crippen molar-refractivity contribution >= 4 is 0 Å². The number of nitrogens with two attached hydrogens (primary N) is 1. The molecule has 0 saturated carbocycles. The molecule has 3 aliphatic rings. The predicted octanol–water partition coefficient (Wildman–Crippen LogP) is 5.75. The van der Waals surface area contributed by atoms with Crippen LogP contribution in [0, 0.1) is 0 Å². The van der Waals surface area contributed by atoms with Crippen LogP contribution in [0.25, 0.3) is 0 Å². The summed E-state index contributed by atoms with van der Waals surface area (Å²) in [5.74, 6) is 0.470. The number of ether oxygens (including phenoxy) is 1. The van der Waals surface area contributed by atoms with Crippen LogP contribution in [0.5, 0.6) is 11.5 Å². The topological polar surface area (TPSA) is 223 Å². The van der Waals surface area contributed by atoms with Gasteiger partial charge in [0.15, 0.2) is 0 Å². The Labute approximate surface area is 543 Å². The molecule has 0 spiro atoms. The minimum Gasteiger partial charge on any atom is -0.506 e. The smallest absolute Gasteiger partial charge is 0.138 e. The van der Waals surface area contributed by atoms with E-state index in [1.54, 1.807) is 49.1 Å². The van der Waals surface area contributed by atoms with Crippen LogP contribution < -0.4 is 5.73 Å². The van der Waals surface area contributed by atoms with Crippen molar-refractivity contribution in [3.63, 3.8) is 0 Å². The van der Waals surface area contributed by atoms with Gasteiger partial charge in [0.2, 0.25) is 0 Å². The lowest BCUT2D eigenvalue weighted by Gasteiger charge is -2.41. The van der Waals surface area contributed by atoms with Crippen molar-refractivity contribution < 1.29 is 25.2 Å². The molecule has 1 aromatic carbocycles. The van der Waals surface area contributed by atoms with E-state index in [2.05, 4.69) is 135 Å². The molecule has 21 nitrogen and oxygen atoms in total. The number of likely N-dealkylation sites (N-methyl/N-ethyl adjacent to an activating group) is 5. The van der Waals surface area contributed by atoms with Gasteiger partial charge in [-0.05, 0) is 142 Å². The standard InChI is InChI=1S/C15H26N4.C15H18N2O2.C14H17N3O.C10H14N2O2.C8H19N3.C8H12N2/c1-15(12-17(2)9-10-18(3)13-15)19(4)11-14-7-5-6-8-16-14;18-10-9-17(11-13-5-2-1-3-6-13)12-14-15(19)7-4-8-16-14;18-10-9-17(11-13-5-1-3-7-15-13)12-14-6-2-4-8-16-14;13-10-2-1-3-11-9(10)8-12-4-6-14-7-5-12;1-8(9)6-10(2)4-5-11(3)7-8;1-10(2)7-8-5-3-4-6-9-8/h5-8H,9-13H2,1-4H3;1-8,18-19H,9-12H2;1-8,18H,9-12H2;1-3,13H,4-8H2;4-7,9H2,1-3H3;3-6H,7H2,1-2H3. The fourth-order valence-corrected chi connectivity index (χ4v) is 10.8. The summed E-state index contributed by atoms with van der Waals surface area (Å²) in [5, 5.41) is 37.5. The number of morpholine rings is 1. The van der Waals surface area contributed by atoms with Crippen LogP contribution in [0.3, 0.4) is 0 Å². The van der Waals surface area contributed by atoms with Crippen LogP contribution in [0.1, 0.15) is 53.6 Å². The molecule has 496 valence electrons. The molecule has 21 heteroatoms. The molecule has 3 aliphatic heterocycles. The van der Waals surface area contributed by atoms with Gasteiger partial charge in [0.05, 0.1) is 60.6 Å². The van der Waals surface area contributed by atoms with Gasteiger partial charge in [-0.2, -0.15) is 0 Å². The Morgan fingerprint density at radius 3 is 1.26 bits per heavy atom. The molecule has 91 heavy (non-hydrogen) atoms. The number of rotatable bonds is 19. The third-order valence-electron chi connectivity index (χ3n) is 15.3. The number of nitrogens with zero attached hydrogens (tertiary/aromatic N) is 15. The van der Waals surface area contributed by atoms with E-state index in [4.69, 9.17) is 20.7 Å². The fourth-order valence-electron chi connectivity index (χ4n) is 10.8. The molecule has 0 radical (unpaired) electrons. The molecule has 3 fully saturated rings. The van der Waals surface area contributed by atoms with Crippen LogP contribution in [0.15, 0.2) is 165 Å². The zero-order valence-corrected chi connectivity index (χ0v) is 55.8. The van der Waals surface area contributed by atoms with E-state index in [1.807, 2.05) is 117 Å². The molecule has 6 aromatic heterocycles. The van der Waals surface area contributed by atoms with Crippen molar-refractivity contribution in [2.75, 3.05) is 154 Å². The van der Waals surface area contributed by atoms with E-state index in [9.17, 15) is 10.2 Å². The monoisotopic (exact) mass is 1250 g/mol. The maximum atomic E-state index is 9.74. The molecule has 9 heterocycles. The summed E-state index contributed by atoms with van der Waals surface area (Å²) >= 11 is 0. The maximum absolute atomic E-state index is 9.74. The highest BCUT2D eigenvalue weighted by atomic mass is 16.5. The highest BCUT2D eigenvalue weighted by Gasteiger charge is 2.34. The molecule has 6 N–H and O–H groups in total. The molecular formula is C70H106N16O5. The Balaban J connectivity index is 0.000000201. The average Bonchev–Trinajstić information content (AvgIpc) is 2.34. The predicted molar refractivity (Wildman–Crippen MR) is 364 cm³/mol. The van der Waals surface area contributed by atoms with Crippen molar-refractivity contribution in [3.8, 4) is 11.5 Å².